The van der Waals surface area contributed by atoms with E-state index in [0.717, 1.165) is 23.8 Å². The minimum atomic E-state index is 0.929. The van der Waals surface area contributed by atoms with Crippen LogP contribution in [0, 0.1) is 0 Å². The number of hydrogen-bond acceptors (Lipinski definition) is 3. The summed E-state index contributed by atoms with van der Waals surface area (Å²) in [6.07, 6.45) is 4.39. The molecule has 2 nitrogen and oxygen atoms in total. The molecule has 3 heteroatoms. The summed E-state index contributed by atoms with van der Waals surface area (Å²) in [5.74, 6) is 1.09. The third kappa shape index (κ3) is 1.55. The number of pyridine rings is 1. The van der Waals surface area contributed by atoms with Crippen LogP contribution in [0.1, 0.15) is 12.8 Å². The van der Waals surface area contributed by atoms with Crippen LogP contribution in [0.2, 0.25) is 0 Å². The second-order valence-electron chi connectivity index (χ2n) is 3.07. The quantitative estimate of drug-likeness (QED) is 0.665. The number of thiol groups is 1. The van der Waals surface area contributed by atoms with Gasteiger partial charge >= 0.3 is 0 Å². The van der Waals surface area contributed by atoms with E-state index in [2.05, 4.69) is 22.5 Å². The van der Waals surface area contributed by atoms with Gasteiger partial charge in [0.25, 0.3) is 0 Å². The number of aromatic nitrogens is 1. The van der Waals surface area contributed by atoms with Crippen molar-refractivity contribution in [2.45, 2.75) is 17.7 Å². The summed E-state index contributed by atoms with van der Waals surface area (Å²) in [7, 11) is 0. The van der Waals surface area contributed by atoms with Gasteiger partial charge in [0.05, 0.1) is 0 Å². The summed E-state index contributed by atoms with van der Waals surface area (Å²) in [4.78, 5) is 7.55. The number of nitrogens with zero attached hydrogens (tertiary/aromatic N) is 2. The van der Waals surface area contributed by atoms with Crippen LogP contribution in [0.25, 0.3) is 0 Å². The lowest BCUT2D eigenvalue weighted by Gasteiger charge is -2.15. The molecule has 0 atom stereocenters. The van der Waals surface area contributed by atoms with Gasteiger partial charge in [-0.3, -0.25) is 0 Å². The molecule has 0 unspecified atom stereocenters. The SMILES string of the molecule is Sc1ccc(N2CCCC2)nc1. The first kappa shape index (κ1) is 7.92. The lowest BCUT2D eigenvalue weighted by Crippen LogP contribution is -2.18. The summed E-state index contributed by atoms with van der Waals surface area (Å²) in [6.45, 7) is 2.30. The molecule has 0 amide bonds. The Hall–Kier alpha value is -0.700. The average Bonchev–Trinajstić information content (AvgIpc) is 2.58. The van der Waals surface area contributed by atoms with E-state index in [9.17, 15) is 0 Å². The molecule has 0 spiro atoms. The van der Waals surface area contributed by atoms with Crippen molar-refractivity contribution in [3.63, 3.8) is 0 Å². The van der Waals surface area contributed by atoms with Crippen LogP contribution in [-0.2, 0) is 0 Å². The van der Waals surface area contributed by atoms with E-state index in [1.54, 1.807) is 6.20 Å². The zero-order valence-corrected chi connectivity index (χ0v) is 7.80. The molecule has 1 saturated heterocycles. The molecule has 0 saturated carbocycles. The molecule has 1 aliphatic rings. The lowest BCUT2D eigenvalue weighted by molar-refractivity contribution is 0.933. The number of hydrogen-bond donors (Lipinski definition) is 1. The predicted molar refractivity (Wildman–Crippen MR) is 52.9 cm³/mol. The van der Waals surface area contributed by atoms with Crippen LogP contribution in [0.5, 0.6) is 0 Å². The van der Waals surface area contributed by atoms with Crippen LogP contribution in [-0.4, -0.2) is 18.1 Å². The predicted octanol–water partition coefficient (Wildman–Crippen LogP) is 1.97. The van der Waals surface area contributed by atoms with Gasteiger partial charge in [-0.15, -0.1) is 12.6 Å². The number of rotatable bonds is 1. The summed E-state index contributed by atoms with van der Waals surface area (Å²) < 4.78 is 0. The van der Waals surface area contributed by atoms with E-state index < -0.39 is 0 Å². The highest BCUT2D eigenvalue weighted by molar-refractivity contribution is 7.80. The van der Waals surface area contributed by atoms with Gasteiger partial charge in [0.2, 0.25) is 0 Å². The lowest BCUT2D eigenvalue weighted by atomic mass is 10.4. The van der Waals surface area contributed by atoms with Crippen LogP contribution >= 0.6 is 12.6 Å². The smallest absolute Gasteiger partial charge is 0.128 e. The van der Waals surface area contributed by atoms with E-state index in [-0.39, 0.29) is 0 Å². The zero-order chi connectivity index (χ0) is 8.39. The fourth-order valence-electron chi connectivity index (χ4n) is 1.51. The fourth-order valence-corrected chi connectivity index (χ4v) is 1.64. The van der Waals surface area contributed by atoms with E-state index in [1.165, 1.54) is 12.8 Å². The van der Waals surface area contributed by atoms with Crippen molar-refractivity contribution in [1.82, 2.24) is 4.98 Å². The Bertz CT molecular complexity index is 252. The Kier molecular flexibility index (Phi) is 2.21. The Morgan fingerprint density at radius 3 is 2.58 bits per heavy atom. The van der Waals surface area contributed by atoms with Crippen molar-refractivity contribution in [3.05, 3.63) is 18.3 Å². The monoisotopic (exact) mass is 180 g/mol. The third-order valence-electron chi connectivity index (χ3n) is 2.16. The normalized spacial score (nSPS) is 16.9. The van der Waals surface area contributed by atoms with Gasteiger partial charge in [-0.1, -0.05) is 0 Å². The molecule has 2 heterocycles. The highest BCUT2D eigenvalue weighted by Crippen LogP contribution is 2.18. The highest BCUT2D eigenvalue weighted by atomic mass is 32.1. The fraction of sp³-hybridized carbons (Fsp3) is 0.444. The van der Waals surface area contributed by atoms with E-state index in [0.29, 0.717) is 0 Å². The average molecular weight is 180 g/mol. The molecule has 0 aromatic carbocycles. The summed E-state index contributed by atoms with van der Waals surface area (Å²) in [5.41, 5.74) is 0. The summed E-state index contributed by atoms with van der Waals surface area (Å²) >= 11 is 4.19. The minimum absolute atomic E-state index is 0.929. The van der Waals surface area contributed by atoms with Crippen LogP contribution < -0.4 is 4.90 Å². The van der Waals surface area contributed by atoms with Crippen molar-refractivity contribution in [3.8, 4) is 0 Å². The molecular weight excluding hydrogens is 168 g/mol. The number of anilines is 1. The Morgan fingerprint density at radius 2 is 2.00 bits per heavy atom. The molecule has 0 N–H and O–H groups in total. The van der Waals surface area contributed by atoms with Gasteiger partial charge in [0.1, 0.15) is 5.82 Å². The maximum absolute atomic E-state index is 4.31. The topological polar surface area (TPSA) is 16.1 Å². The Morgan fingerprint density at radius 1 is 1.25 bits per heavy atom. The second-order valence-corrected chi connectivity index (χ2v) is 3.59. The molecule has 64 valence electrons. The van der Waals surface area contributed by atoms with Crippen LogP contribution in [0.4, 0.5) is 5.82 Å². The summed E-state index contributed by atoms with van der Waals surface area (Å²) in [6, 6.07) is 4.03. The zero-order valence-electron chi connectivity index (χ0n) is 6.90. The first-order valence-electron chi connectivity index (χ1n) is 4.26. The largest absolute Gasteiger partial charge is 0.357 e. The molecule has 12 heavy (non-hydrogen) atoms. The van der Waals surface area contributed by atoms with Gasteiger partial charge < -0.3 is 4.90 Å². The van der Waals surface area contributed by atoms with E-state index >= 15 is 0 Å². The van der Waals surface area contributed by atoms with Gasteiger partial charge in [-0.25, -0.2) is 4.98 Å². The van der Waals surface area contributed by atoms with Crippen molar-refractivity contribution in [1.29, 1.82) is 0 Å². The molecule has 1 fully saturated rings. The standard InChI is InChI=1S/C9H12N2S/c12-8-3-4-9(10-7-8)11-5-1-2-6-11/h3-4,7,12H,1-2,5-6H2. The van der Waals surface area contributed by atoms with Gasteiger partial charge in [-0.05, 0) is 25.0 Å². The van der Waals surface area contributed by atoms with Gasteiger partial charge in [0, 0.05) is 24.2 Å². The molecule has 0 bridgehead atoms. The van der Waals surface area contributed by atoms with Crippen LogP contribution in [0.3, 0.4) is 0 Å². The maximum Gasteiger partial charge on any atom is 0.128 e. The van der Waals surface area contributed by atoms with E-state index in [1.807, 2.05) is 12.1 Å². The first-order chi connectivity index (χ1) is 5.86. The minimum Gasteiger partial charge on any atom is -0.357 e. The van der Waals surface area contributed by atoms with Gasteiger partial charge in [0.15, 0.2) is 0 Å². The molecule has 1 aromatic rings. The third-order valence-corrected chi connectivity index (χ3v) is 2.43. The van der Waals surface area contributed by atoms with E-state index in [4.69, 9.17) is 0 Å². The van der Waals surface area contributed by atoms with Crippen molar-refractivity contribution >= 4 is 18.4 Å². The highest BCUT2D eigenvalue weighted by Gasteiger charge is 2.12. The first-order valence-corrected chi connectivity index (χ1v) is 4.71. The Balaban J connectivity index is 2.17. The molecular formula is C9H12N2S. The maximum atomic E-state index is 4.31. The second kappa shape index (κ2) is 3.35. The van der Waals surface area contributed by atoms with Gasteiger partial charge in [-0.2, -0.15) is 0 Å². The summed E-state index contributed by atoms with van der Waals surface area (Å²) in [5, 5.41) is 0. The molecule has 0 aliphatic carbocycles. The molecule has 0 radical (unpaired) electrons. The van der Waals surface area contributed by atoms with Crippen molar-refractivity contribution < 1.29 is 0 Å². The Labute approximate surface area is 78.0 Å². The van der Waals surface area contributed by atoms with Crippen molar-refractivity contribution in [2.24, 2.45) is 0 Å². The molecule has 2 rings (SSSR count). The molecule has 1 aliphatic heterocycles. The van der Waals surface area contributed by atoms with Crippen molar-refractivity contribution in [2.75, 3.05) is 18.0 Å². The van der Waals surface area contributed by atoms with Crippen LogP contribution in [0.15, 0.2) is 23.2 Å². The molecule has 1 aromatic heterocycles.